The third-order valence-electron chi connectivity index (χ3n) is 5.95. The SMILES string of the molecule is CCCCCCc1ccc(CCCCCC)c2c(C)c(C#N)c(C#N)c(C)c12. The summed E-state index contributed by atoms with van der Waals surface area (Å²) in [5.41, 5.74) is 5.77. The average Bonchev–Trinajstić information content (AvgIpc) is 2.71. The third-order valence-corrected chi connectivity index (χ3v) is 5.95. The summed E-state index contributed by atoms with van der Waals surface area (Å²) in [5.74, 6) is 0. The summed E-state index contributed by atoms with van der Waals surface area (Å²) in [4.78, 5) is 0. The maximum Gasteiger partial charge on any atom is 0.101 e. The van der Waals surface area contributed by atoms with Crippen molar-refractivity contribution in [2.45, 2.75) is 91.9 Å². The molecule has 2 aromatic carbocycles. The smallest absolute Gasteiger partial charge is 0.101 e. The molecule has 0 bridgehead atoms. The van der Waals surface area contributed by atoms with Gasteiger partial charge in [-0.25, -0.2) is 0 Å². The van der Waals surface area contributed by atoms with E-state index in [1.165, 1.54) is 73.3 Å². The van der Waals surface area contributed by atoms with Gasteiger partial charge in [-0.3, -0.25) is 0 Å². The van der Waals surface area contributed by atoms with Gasteiger partial charge in [-0.2, -0.15) is 10.5 Å². The molecule has 0 saturated carbocycles. The van der Waals surface area contributed by atoms with Crippen LogP contribution in [0.4, 0.5) is 0 Å². The second-order valence-corrected chi connectivity index (χ2v) is 7.98. The first kappa shape index (κ1) is 22.0. The van der Waals surface area contributed by atoms with Crippen molar-refractivity contribution in [2.75, 3.05) is 0 Å². The van der Waals surface area contributed by atoms with E-state index in [4.69, 9.17) is 0 Å². The third kappa shape index (κ3) is 4.74. The van der Waals surface area contributed by atoms with Gasteiger partial charge < -0.3 is 0 Å². The molecule has 0 heterocycles. The molecule has 2 nitrogen and oxygen atoms in total. The van der Waals surface area contributed by atoms with Gasteiger partial charge >= 0.3 is 0 Å². The van der Waals surface area contributed by atoms with Gasteiger partial charge in [0.25, 0.3) is 0 Å². The van der Waals surface area contributed by atoms with Gasteiger partial charge in [-0.05, 0) is 72.6 Å². The van der Waals surface area contributed by atoms with Crippen molar-refractivity contribution in [1.29, 1.82) is 10.5 Å². The van der Waals surface area contributed by atoms with Crippen LogP contribution in [0.25, 0.3) is 10.8 Å². The first-order valence-corrected chi connectivity index (χ1v) is 11.0. The lowest BCUT2D eigenvalue weighted by molar-refractivity contribution is 0.665. The van der Waals surface area contributed by atoms with Gasteiger partial charge in [0.15, 0.2) is 0 Å². The van der Waals surface area contributed by atoms with Crippen molar-refractivity contribution >= 4 is 10.8 Å². The van der Waals surface area contributed by atoms with E-state index in [2.05, 4.69) is 38.1 Å². The van der Waals surface area contributed by atoms with Gasteiger partial charge in [0.1, 0.15) is 12.1 Å². The van der Waals surface area contributed by atoms with E-state index in [0.29, 0.717) is 11.1 Å². The Morgan fingerprint density at radius 1 is 0.643 bits per heavy atom. The van der Waals surface area contributed by atoms with Crippen molar-refractivity contribution in [3.05, 3.63) is 45.5 Å². The minimum atomic E-state index is 0.561. The van der Waals surface area contributed by atoms with Crippen LogP contribution in [0.15, 0.2) is 12.1 Å². The highest BCUT2D eigenvalue weighted by atomic mass is 14.3. The number of hydrogen-bond donors (Lipinski definition) is 0. The molecular weight excluding hydrogens is 340 g/mol. The minimum Gasteiger partial charge on any atom is -0.192 e. The number of rotatable bonds is 10. The van der Waals surface area contributed by atoms with Crippen LogP contribution in [-0.4, -0.2) is 0 Å². The molecule has 0 radical (unpaired) electrons. The number of unbranched alkanes of at least 4 members (excludes halogenated alkanes) is 6. The quantitative estimate of drug-likeness (QED) is 0.405. The predicted octanol–water partition coefficient (Wildman–Crippen LogP) is 7.45. The molecule has 2 rings (SSSR count). The zero-order chi connectivity index (χ0) is 20.5. The van der Waals surface area contributed by atoms with E-state index in [0.717, 1.165) is 24.0 Å². The lowest BCUT2D eigenvalue weighted by atomic mass is 9.84. The summed E-state index contributed by atoms with van der Waals surface area (Å²) in [6, 6.07) is 9.18. The van der Waals surface area contributed by atoms with Gasteiger partial charge in [0, 0.05) is 0 Å². The molecule has 2 heteroatoms. The zero-order valence-corrected chi connectivity index (χ0v) is 18.1. The van der Waals surface area contributed by atoms with Crippen LogP contribution in [0, 0.1) is 36.5 Å². The summed E-state index contributed by atoms with van der Waals surface area (Å²) in [6.45, 7) is 8.52. The molecule has 28 heavy (non-hydrogen) atoms. The summed E-state index contributed by atoms with van der Waals surface area (Å²) < 4.78 is 0. The molecule has 0 amide bonds. The number of nitriles is 2. The van der Waals surface area contributed by atoms with Crippen molar-refractivity contribution in [3.63, 3.8) is 0 Å². The molecule has 0 fully saturated rings. The maximum atomic E-state index is 9.72. The first-order valence-electron chi connectivity index (χ1n) is 11.0. The monoisotopic (exact) mass is 374 g/mol. The molecule has 0 N–H and O–H groups in total. The Morgan fingerprint density at radius 3 is 1.36 bits per heavy atom. The second-order valence-electron chi connectivity index (χ2n) is 7.98. The van der Waals surface area contributed by atoms with Gasteiger partial charge in [0.2, 0.25) is 0 Å². The Kier molecular flexibility index (Phi) is 8.53. The average molecular weight is 375 g/mol. The minimum absolute atomic E-state index is 0.561. The topological polar surface area (TPSA) is 47.6 Å². The molecule has 0 aliphatic carbocycles. The Hall–Kier alpha value is -2.32. The van der Waals surface area contributed by atoms with Crippen molar-refractivity contribution in [1.82, 2.24) is 0 Å². The van der Waals surface area contributed by atoms with Crippen LogP contribution in [0.1, 0.15) is 98.6 Å². The fourth-order valence-corrected chi connectivity index (χ4v) is 4.35. The van der Waals surface area contributed by atoms with Crippen molar-refractivity contribution < 1.29 is 0 Å². The highest BCUT2D eigenvalue weighted by Crippen LogP contribution is 2.35. The van der Waals surface area contributed by atoms with Gasteiger partial charge in [0.05, 0.1) is 11.1 Å². The number of nitrogens with zero attached hydrogens (tertiary/aromatic N) is 2. The maximum absolute atomic E-state index is 9.72. The summed E-state index contributed by atoms with van der Waals surface area (Å²) in [7, 11) is 0. The predicted molar refractivity (Wildman–Crippen MR) is 119 cm³/mol. The van der Waals surface area contributed by atoms with Crippen molar-refractivity contribution in [2.24, 2.45) is 0 Å². The summed E-state index contributed by atoms with van der Waals surface area (Å²) >= 11 is 0. The largest absolute Gasteiger partial charge is 0.192 e. The van der Waals surface area contributed by atoms with E-state index < -0.39 is 0 Å². The summed E-state index contributed by atoms with van der Waals surface area (Å²) in [6.07, 6.45) is 12.0. The molecule has 0 spiro atoms. The standard InChI is InChI=1S/C26H34N2/c1-5-7-9-11-13-21-15-16-22(14-12-10-8-6-2)26-20(4)24(18-28)23(17-27)19(3)25(21)26/h15-16H,5-14H2,1-4H3. The van der Waals surface area contributed by atoms with Crippen LogP contribution in [0.2, 0.25) is 0 Å². The fourth-order valence-electron chi connectivity index (χ4n) is 4.35. The van der Waals surface area contributed by atoms with E-state index in [1.54, 1.807) is 0 Å². The molecule has 0 saturated heterocycles. The Labute approximate surface area is 171 Å². The number of aryl methyl sites for hydroxylation is 4. The zero-order valence-electron chi connectivity index (χ0n) is 18.1. The van der Waals surface area contributed by atoms with Gasteiger partial charge in [-0.15, -0.1) is 0 Å². The molecule has 148 valence electrons. The van der Waals surface area contributed by atoms with Crippen molar-refractivity contribution in [3.8, 4) is 12.1 Å². The normalized spacial score (nSPS) is 10.8. The van der Waals surface area contributed by atoms with Gasteiger partial charge in [-0.1, -0.05) is 64.5 Å². The fraction of sp³-hybridized carbons (Fsp3) is 0.538. The van der Waals surface area contributed by atoms with Crippen LogP contribution in [0.3, 0.4) is 0 Å². The van der Waals surface area contributed by atoms with E-state index in [9.17, 15) is 10.5 Å². The van der Waals surface area contributed by atoms with Crippen LogP contribution in [-0.2, 0) is 12.8 Å². The van der Waals surface area contributed by atoms with Crippen LogP contribution < -0.4 is 0 Å². The second kappa shape index (κ2) is 10.9. The summed E-state index contributed by atoms with van der Waals surface area (Å²) in [5, 5.41) is 21.9. The molecule has 0 aliphatic rings. The molecule has 2 aromatic rings. The molecular formula is C26H34N2. The number of fused-ring (bicyclic) bond motifs is 1. The Bertz CT molecular complexity index is 819. The molecule has 0 unspecified atom stereocenters. The lowest BCUT2D eigenvalue weighted by Gasteiger charge is -2.18. The number of benzene rings is 2. The van der Waals surface area contributed by atoms with Crippen LogP contribution in [0.5, 0.6) is 0 Å². The van der Waals surface area contributed by atoms with E-state index in [-0.39, 0.29) is 0 Å². The van der Waals surface area contributed by atoms with E-state index >= 15 is 0 Å². The lowest BCUT2D eigenvalue weighted by Crippen LogP contribution is -2.02. The number of hydrogen-bond acceptors (Lipinski definition) is 2. The molecule has 0 aliphatic heterocycles. The Balaban J connectivity index is 2.59. The molecule has 0 atom stereocenters. The Morgan fingerprint density at radius 2 is 1.04 bits per heavy atom. The highest BCUT2D eigenvalue weighted by molar-refractivity contribution is 5.97. The van der Waals surface area contributed by atoms with Crippen LogP contribution >= 0.6 is 0 Å². The molecule has 0 aromatic heterocycles. The van der Waals surface area contributed by atoms with E-state index in [1.807, 2.05) is 13.8 Å². The first-order chi connectivity index (χ1) is 13.6. The highest BCUT2D eigenvalue weighted by Gasteiger charge is 2.19.